The van der Waals surface area contributed by atoms with Crippen molar-refractivity contribution in [2.75, 3.05) is 11.5 Å². The first-order valence-electron chi connectivity index (χ1n) is 4.76. The topological polar surface area (TPSA) is 52.0 Å². The van der Waals surface area contributed by atoms with E-state index in [2.05, 4.69) is 25.3 Å². The van der Waals surface area contributed by atoms with Gasteiger partial charge in [-0.15, -0.1) is 25.3 Å². The Morgan fingerprint density at radius 3 is 2.38 bits per heavy atom. The lowest BCUT2D eigenvalue weighted by Gasteiger charge is -2.10. The summed E-state index contributed by atoms with van der Waals surface area (Å²) < 4.78 is 0. The van der Waals surface area contributed by atoms with Crippen LogP contribution in [0.25, 0.3) is 11.1 Å². The normalized spacial score (nSPS) is 10.4. The highest BCUT2D eigenvalue weighted by Crippen LogP contribution is 2.34. The van der Waals surface area contributed by atoms with E-state index >= 15 is 0 Å². The van der Waals surface area contributed by atoms with Crippen LogP contribution in [0.1, 0.15) is 0 Å². The van der Waals surface area contributed by atoms with Crippen LogP contribution < -0.4 is 11.5 Å². The number of thiol groups is 2. The zero-order valence-corrected chi connectivity index (χ0v) is 10.3. The van der Waals surface area contributed by atoms with Crippen LogP contribution in [0.2, 0.25) is 0 Å². The summed E-state index contributed by atoms with van der Waals surface area (Å²) in [5, 5.41) is 0. The van der Waals surface area contributed by atoms with Gasteiger partial charge in [-0.05, 0) is 23.8 Å². The quantitative estimate of drug-likeness (QED) is 0.463. The molecule has 82 valence electrons. The van der Waals surface area contributed by atoms with Gasteiger partial charge in [0.05, 0.1) is 10.6 Å². The average Bonchev–Trinajstić information content (AvgIpc) is 2.26. The summed E-state index contributed by atoms with van der Waals surface area (Å²) in [6, 6.07) is 11.5. The molecule has 0 aliphatic carbocycles. The van der Waals surface area contributed by atoms with Gasteiger partial charge in [-0.3, -0.25) is 0 Å². The highest BCUT2D eigenvalue weighted by atomic mass is 32.1. The maximum Gasteiger partial charge on any atom is 0.0550 e. The summed E-state index contributed by atoms with van der Waals surface area (Å²) >= 11 is 8.59. The van der Waals surface area contributed by atoms with Gasteiger partial charge in [0.2, 0.25) is 0 Å². The van der Waals surface area contributed by atoms with Gasteiger partial charge in [-0.2, -0.15) is 0 Å². The molecule has 0 aromatic heterocycles. The van der Waals surface area contributed by atoms with Crippen LogP contribution in [0.15, 0.2) is 46.2 Å². The van der Waals surface area contributed by atoms with Gasteiger partial charge >= 0.3 is 0 Å². The maximum absolute atomic E-state index is 5.98. The van der Waals surface area contributed by atoms with Crippen molar-refractivity contribution in [2.24, 2.45) is 0 Å². The molecule has 2 aromatic carbocycles. The smallest absolute Gasteiger partial charge is 0.0550 e. The Hall–Kier alpha value is -1.26. The monoisotopic (exact) mass is 248 g/mol. The zero-order valence-electron chi connectivity index (χ0n) is 8.51. The van der Waals surface area contributed by atoms with E-state index in [1.165, 1.54) is 0 Å². The molecule has 0 aliphatic rings. The van der Waals surface area contributed by atoms with Crippen molar-refractivity contribution in [3.63, 3.8) is 0 Å². The van der Waals surface area contributed by atoms with E-state index in [0.29, 0.717) is 16.3 Å². The van der Waals surface area contributed by atoms with Crippen LogP contribution >= 0.6 is 25.3 Å². The molecule has 0 unspecified atom stereocenters. The predicted octanol–water partition coefficient (Wildman–Crippen LogP) is 3.10. The van der Waals surface area contributed by atoms with Crippen LogP contribution in [0, 0.1) is 0 Å². The van der Waals surface area contributed by atoms with Crippen LogP contribution in [-0.2, 0) is 0 Å². The number of hydrogen-bond acceptors (Lipinski definition) is 4. The molecular formula is C12H12N2S2. The van der Waals surface area contributed by atoms with E-state index in [4.69, 9.17) is 11.5 Å². The van der Waals surface area contributed by atoms with Gasteiger partial charge in [-0.25, -0.2) is 0 Å². The lowest BCUT2D eigenvalue weighted by atomic mass is 10.0. The first kappa shape index (κ1) is 11.2. The molecule has 0 heterocycles. The molecule has 2 rings (SSSR count). The molecular weight excluding hydrogens is 236 g/mol. The Bertz CT molecular complexity index is 539. The van der Waals surface area contributed by atoms with Gasteiger partial charge < -0.3 is 11.5 Å². The molecule has 2 aromatic rings. The van der Waals surface area contributed by atoms with Crippen molar-refractivity contribution < 1.29 is 0 Å². The van der Waals surface area contributed by atoms with Crippen LogP contribution in [0.4, 0.5) is 11.4 Å². The number of rotatable bonds is 1. The highest BCUT2D eigenvalue weighted by Gasteiger charge is 2.07. The number of anilines is 2. The number of nitrogen functional groups attached to an aromatic ring is 2. The molecule has 2 nitrogen and oxygen atoms in total. The molecule has 0 bridgehead atoms. The van der Waals surface area contributed by atoms with Crippen molar-refractivity contribution in [3.8, 4) is 11.1 Å². The third kappa shape index (κ3) is 1.99. The molecule has 0 atom stereocenters. The summed E-state index contributed by atoms with van der Waals surface area (Å²) in [4.78, 5) is 1.52. The maximum atomic E-state index is 5.98. The number of hydrogen-bond donors (Lipinski definition) is 4. The number of nitrogens with two attached hydrogens (primary N) is 2. The Labute approximate surface area is 105 Å². The average molecular weight is 248 g/mol. The third-order valence-corrected chi connectivity index (χ3v) is 3.18. The van der Waals surface area contributed by atoms with Crippen molar-refractivity contribution in [1.29, 1.82) is 0 Å². The fraction of sp³-hybridized carbons (Fsp3) is 0. The Morgan fingerprint density at radius 1 is 0.938 bits per heavy atom. The van der Waals surface area contributed by atoms with Crippen LogP contribution in [0.3, 0.4) is 0 Å². The van der Waals surface area contributed by atoms with Gasteiger partial charge in [0, 0.05) is 16.1 Å². The minimum absolute atomic E-state index is 0.589. The van der Waals surface area contributed by atoms with Gasteiger partial charge in [0.25, 0.3) is 0 Å². The first-order valence-corrected chi connectivity index (χ1v) is 5.65. The highest BCUT2D eigenvalue weighted by molar-refractivity contribution is 7.80. The number of benzene rings is 2. The van der Waals surface area contributed by atoms with E-state index in [-0.39, 0.29) is 0 Å². The van der Waals surface area contributed by atoms with E-state index in [1.54, 1.807) is 6.07 Å². The molecule has 0 radical (unpaired) electrons. The standard InChI is InChI=1S/C12H12N2S2/c13-10-5-4-9(11(14)12(10)16)7-2-1-3-8(15)6-7/h1-6,15-16H,13-14H2. The lowest BCUT2D eigenvalue weighted by Crippen LogP contribution is -1.96. The first-order chi connectivity index (χ1) is 7.59. The summed E-state index contributed by atoms with van der Waals surface area (Å²) in [5.74, 6) is 0. The molecule has 16 heavy (non-hydrogen) atoms. The fourth-order valence-corrected chi connectivity index (χ4v) is 1.97. The SMILES string of the molecule is Nc1ccc(-c2cccc(S)c2)c(N)c1S. The van der Waals surface area contributed by atoms with E-state index in [1.807, 2.05) is 30.3 Å². The molecule has 0 amide bonds. The molecule has 4 N–H and O–H groups in total. The largest absolute Gasteiger partial charge is 0.398 e. The van der Waals surface area contributed by atoms with E-state index in [0.717, 1.165) is 16.0 Å². The fourth-order valence-electron chi connectivity index (χ4n) is 1.55. The molecule has 4 heteroatoms. The second kappa shape index (κ2) is 4.31. The van der Waals surface area contributed by atoms with Crippen LogP contribution in [0.5, 0.6) is 0 Å². The second-order valence-electron chi connectivity index (χ2n) is 3.51. The van der Waals surface area contributed by atoms with E-state index < -0.39 is 0 Å². The summed E-state index contributed by atoms with van der Waals surface area (Å²) in [7, 11) is 0. The predicted molar refractivity (Wildman–Crippen MR) is 75.2 cm³/mol. The molecule has 0 spiro atoms. The van der Waals surface area contributed by atoms with Crippen molar-refractivity contribution in [3.05, 3.63) is 36.4 Å². The van der Waals surface area contributed by atoms with Crippen molar-refractivity contribution >= 4 is 36.6 Å². The Balaban J connectivity index is 2.61. The summed E-state index contributed by atoms with van der Waals surface area (Å²) in [6.07, 6.45) is 0. The molecule has 0 fully saturated rings. The van der Waals surface area contributed by atoms with E-state index in [9.17, 15) is 0 Å². The minimum Gasteiger partial charge on any atom is -0.398 e. The minimum atomic E-state index is 0.589. The van der Waals surface area contributed by atoms with Gasteiger partial charge in [-0.1, -0.05) is 18.2 Å². The summed E-state index contributed by atoms with van der Waals surface area (Å²) in [5.41, 5.74) is 14.8. The van der Waals surface area contributed by atoms with Crippen molar-refractivity contribution in [2.45, 2.75) is 9.79 Å². The lowest BCUT2D eigenvalue weighted by molar-refractivity contribution is 1.43. The Kier molecular flexibility index (Phi) is 3.03. The molecule has 0 saturated heterocycles. The summed E-state index contributed by atoms with van der Waals surface area (Å²) in [6.45, 7) is 0. The van der Waals surface area contributed by atoms with Crippen LogP contribution in [-0.4, -0.2) is 0 Å². The Morgan fingerprint density at radius 2 is 1.69 bits per heavy atom. The van der Waals surface area contributed by atoms with Gasteiger partial charge in [0.1, 0.15) is 0 Å². The van der Waals surface area contributed by atoms with Gasteiger partial charge in [0.15, 0.2) is 0 Å². The zero-order chi connectivity index (χ0) is 11.7. The second-order valence-corrected chi connectivity index (χ2v) is 4.48. The van der Waals surface area contributed by atoms with Crippen molar-refractivity contribution in [1.82, 2.24) is 0 Å². The third-order valence-electron chi connectivity index (χ3n) is 2.41. The molecule has 0 aliphatic heterocycles. The molecule has 0 saturated carbocycles.